The Hall–Kier alpha value is -1.30. The molecule has 0 aliphatic heterocycles. The van der Waals surface area contributed by atoms with Crippen LogP contribution < -0.4 is 5.32 Å². The second-order valence-corrected chi connectivity index (χ2v) is 4.80. The molecule has 0 spiro atoms. The van der Waals surface area contributed by atoms with Gasteiger partial charge in [0, 0.05) is 33.7 Å². The van der Waals surface area contributed by atoms with Crippen molar-refractivity contribution in [1.82, 2.24) is 10.2 Å². The Balaban J connectivity index is 2.36. The Labute approximate surface area is 107 Å². The van der Waals surface area contributed by atoms with Crippen LogP contribution in [0.25, 0.3) is 0 Å². The van der Waals surface area contributed by atoms with Gasteiger partial charge >= 0.3 is 12.0 Å². The highest BCUT2D eigenvalue weighted by atomic mass is 16.5. The predicted octanol–water partition coefficient (Wildman–Crippen LogP) is 0.918. The number of urea groups is 1. The Morgan fingerprint density at radius 2 is 2.17 bits per heavy atom. The van der Waals surface area contributed by atoms with Gasteiger partial charge < -0.3 is 20.1 Å². The van der Waals surface area contributed by atoms with Crippen molar-refractivity contribution in [2.45, 2.75) is 31.7 Å². The van der Waals surface area contributed by atoms with Crippen LogP contribution in [0.5, 0.6) is 0 Å². The molecule has 1 atom stereocenters. The summed E-state index contributed by atoms with van der Waals surface area (Å²) in [6.07, 6.45) is 3.81. The maximum Gasteiger partial charge on any atom is 0.326 e. The first-order valence-corrected chi connectivity index (χ1v) is 6.28. The van der Waals surface area contributed by atoms with E-state index in [1.165, 1.54) is 13.5 Å². The van der Waals surface area contributed by atoms with Crippen LogP contribution in [0.2, 0.25) is 0 Å². The van der Waals surface area contributed by atoms with E-state index >= 15 is 0 Å². The first-order valence-electron chi connectivity index (χ1n) is 6.28. The minimum atomic E-state index is -1.03. The lowest BCUT2D eigenvalue weighted by atomic mass is 9.85. The SMILES string of the molecule is COCCC(NC(=O)N(C)CC1CCC1)C(=O)O. The molecule has 0 radical (unpaired) electrons. The number of hydrogen-bond donors (Lipinski definition) is 2. The molecule has 1 aliphatic rings. The second-order valence-electron chi connectivity index (χ2n) is 4.80. The summed E-state index contributed by atoms with van der Waals surface area (Å²) in [6.45, 7) is 1.01. The number of carbonyl (C=O) groups is 2. The van der Waals surface area contributed by atoms with Gasteiger partial charge in [-0.1, -0.05) is 6.42 Å². The van der Waals surface area contributed by atoms with E-state index < -0.39 is 12.0 Å². The minimum absolute atomic E-state index is 0.273. The maximum atomic E-state index is 11.8. The first-order chi connectivity index (χ1) is 8.54. The van der Waals surface area contributed by atoms with Gasteiger partial charge in [-0.3, -0.25) is 0 Å². The summed E-state index contributed by atoms with van der Waals surface area (Å²) in [5.74, 6) is -0.458. The zero-order valence-electron chi connectivity index (χ0n) is 11.0. The van der Waals surface area contributed by atoms with E-state index in [1.54, 1.807) is 11.9 Å². The molecule has 0 heterocycles. The highest BCUT2D eigenvalue weighted by Gasteiger charge is 2.24. The molecule has 1 unspecified atom stereocenters. The largest absolute Gasteiger partial charge is 0.480 e. The molecule has 0 saturated heterocycles. The molecule has 2 amide bonds. The van der Waals surface area contributed by atoms with Crippen LogP contribution in [0.3, 0.4) is 0 Å². The fourth-order valence-corrected chi connectivity index (χ4v) is 1.90. The summed E-state index contributed by atoms with van der Waals surface area (Å²) >= 11 is 0. The smallest absolute Gasteiger partial charge is 0.326 e. The van der Waals surface area contributed by atoms with Crippen LogP contribution >= 0.6 is 0 Å². The van der Waals surface area contributed by atoms with Crippen LogP contribution in [0.1, 0.15) is 25.7 Å². The van der Waals surface area contributed by atoms with Crippen molar-refractivity contribution in [3.05, 3.63) is 0 Å². The second kappa shape index (κ2) is 7.20. The van der Waals surface area contributed by atoms with Crippen molar-refractivity contribution in [3.8, 4) is 0 Å². The summed E-state index contributed by atoms with van der Waals surface area (Å²) in [5.41, 5.74) is 0. The number of hydrogen-bond acceptors (Lipinski definition) is 3. The van der Waals surface area contributed by atoms with Crippen molar-refractivity contribution >= 4 is 12.0 Å². The molecule has 18 heavy (non-hydrogen) atoms. The van der Waals surface area contributed by atoms with Gasteiger partial charge in [0.25, 0.3) is 0 Å². The van der Waals surface area contributed by atoms with Crippen LogP contribution in [-0.2, 0) is 9.53 Å². The van der Waals surface area contributed by atoms with Crippen molar-refractivity contribution in [2.24, 2.45) is 5.92 Å². The number of amides is 2. The maximum absolute atomic E-state index is 11.8. The highest BCUT2D eigenvalue weighted by Crippen LogP contribution is 2.26. The van der Waals surface area contributed by atoms with Crippen LogP contribution in [0.15, 0.2) is 0 Å². The lowest BCUT2D eigenvalue weighted by Crippen LogP contribution is -2.48. The molecule has 104 valence electrons. The van der Waals surface area contributed by atoms with E-state index in [0.29, 0.717) is 19.1 Å². The third-order valence-electron chi connectivity index (χ3n) is 3.31. The van der Waals surface area contributed by atoms with Crippen molar-refractivity contribution < 1.29 is 19.4 Å². The molecule has 1 saturated carbocycles. The van der Waals surface area contributed by atoms with Gasteiger partial charge in [0.2, 0.25) is 0 Å². The van der Waals surface area contributed by atoms with E-state index in [4.69, 9.17) is 9.84 Å². The first kappa shape index (κ1) is 14.8. The molecule has 6 nitrogen and oxygen atoms in total. The normalized spacial score (nSPS) is 16.8. The van der Waals surface area contributed by atoms with E-state index in [9.17, 15) is 9.59 Å². The van der Waals surface area contributed by atoms with E-state index in [-0.39, 0.29) is 12.5 Å². The van der Waals surface area contributed by atoms with E-state index in [2.05, 4.69) is 5.32 Å². The van der Waals surface area contributed by atoms with Crippen molar-refractivity contribution in [3.63, 3.8) is 0 Å². The van der Waals surface area contributed by atoms with Crippen LogP contribution in [0, 0.1) is 5.92 Å². The van der Waals surface area contributed by atoms with E-state index in [1.807, 2.05) is 0 Å². The summed E-state index contributed by atoms with van der Waals surface area (Å²) in [6, 6.07) is -1.22. The quantitative estimate of drug-likeness (QED) is 0.711. The molecule has 1 fully saturated rings. The summed E-state index contributed by atoms with van der Waals surface area (Å²) in [4.78, 5) is 24.3. The Bertz CT molecular complexity index is 292. The van der Waals surface area contributed by atoms with Crippen LogP contribution in [-0.4, -0.2) is 55.4 Å². The number of rotatable bonds is 7. The van der Waals surface area contributed by atoms with Gasteiger partial charge in [-0.25, -0.2) is 9.59 Å². The average molecular weight is 258 g/mol. The zero-order chi connectivity index (χ0) is 13.5. The Morgan fingerprint density at radius 3 is 2.61 bits per heavy atom. The number of ether oxygens (including phenoxy) is 1. The third-order valence-corrected chi connectivity index (χ3v) is 3.31. The van der Waals surface area contributed by atoms with Crippen molar-refractivity contribution in [2.75, 3.05) is 27.3 Å². The van der Waals surface area contributed by atoms with Gasteiger partial charge in [-0.2, -0.15) is 0 Å². The van der Waals surface area contributed by atoms with Gasteiger partial charge in [0.1, 0.15) is 6.04 Å². The lowest BCUT2D eigenvalue weighted by Gasteiger charge is -2.30. The summed E-state index contributed by atoms with van der Waals surface area (Å²) < 4.78 is 4.83. The van der Waals surface area contributed by atoms with Crippen molar-refractivity contribution in [1.29, 1.82) is 0 Å². The van der Waals surface area contributed by atoms with Gasteiger partial charge in [-0.05, 0) is 18.8 Å². The Morgan fingerprint density at radius 1 is 1.50 bits per heavy atom. The summed E-state index contributed by atoms with van der Waals surface area (Å²) in [5, 5.41) is 11.5. The molecule has 0 aromatic heterocycles. The number of aliphatic carboxylic acids is 1. The number of carboxylic acid groups (broad SMARTS) is 1. The number of carboxylic acids is 1. The molecule has 1 rings (SSSR count). The molecule has 0 aromatic carbocycles. The molecule has 0 aromatic rings. The van der Waals surface area contributed by atoms with Gasteiger partial charge in [0.05, 0.1) is 0 Å². The highest BCUT2D eigenvalue weighted by molar-refractivity contribution is 5.82. The predicted molar refractivity (Wildman–Crippen MR) is 66.4 cm³/mol. The van der Waals surface area contributed by atoms with Gasteiger partial charge in [0.15, 0.2) is 0 Å². The number of nitrogens with one attached hydrogen (secondary N) is 1. The number of carbonyl (C=O) groups excluding carboxylic acids is 1. The standard InChI is InChI=1S/C12H22N2O4/c1-14(8-9-4-3-5-9)12(17)13-10(11(15)16)6-7-18-2/h9-10H,3-8H2,1-2H3,(H,13,17)(H,15,16). The molecule has 1 aliphatic carbocycles. The third kappa shape index (κ3) is 4.52. The number of methoxy groups -OCH3 is 1. The average Bonchev–Trinajstić information content (AvgIpc) is 2.28. The van der Waals surface area contributed by atoms with Gasteiger partial charge in [-0.15, -0.1) is 0 Å². The topological polar surface area (TPSA) is 78.9 Å². The fraction of sp³-hybridized carbons (Fsp3) is 0.833. The van der Waals surface area contributed by atoms with Crippen LogP contribution in [0.4, 0.5) is 4.79 Å². The monoisotopic (exact) mass is 258 g/mol. The molecular weight excluding hydrogens is 236 g/mol. The summed E-state index contributed by atoms with van der Waals surface area (Å²) in [7, 11) is 3.20. The fourth-order valence-electron chi connectivity index (χ4n) is 1.90. The minimum Gasteiger partial charge on any atom is -0.480 e. The number of nitrogens with zero attached hydrogens (tertiary/aromatic N) is 1. The van der Waals surface area contributed by atoms with E-state index in [0.717, 1.165) is 12.8 Å². The molecule has 0 bridgehead atoms. The Kier molecular flexibility index (Phi) is 5.91. The molecule has 2 N–H and O–H groups in total. The zero-order valence-corrected chi connectivity index (χ0v) is 11.0. The molecule has 6 heteroatoms. The molecular formula is C12H22N2O4. The lowest BCUT2D eigenvalue weighted by molar-refractivity contribution is -0.139.